The van der Waals surface area contributed by atoms with E-state index in [9.17, 15) is 9.59 Å². The number of hydrogen-bond acceptors (Lipinski definition) is 4. The van der Waals surface area contributed by atoms with Crippen molar-refractivity contribution in [3.05, 3.63) is 74.9 Å². The Hall–Kier alpha value is -2.89. The van der Waals surface area contributed by atoms with E-state index in [0.29, 0.717) is 32.9 Å². The summed E-state index contributed by atoms with van der Waals surface area (Å²) in [5.74, 6) is -1.28. The lowest BCUT2D eigenvalue weighted by atomic mass is 10.0. The lowest BCUT2D eigenvalue weighted by Crippen LogP contribution is -2.21. The number of allylic oxidation sites excluding steroid dienone is 1. The number of nitrogens with zero attached hydrogens (tertiary/aromatic N) is 1. The molecule has 29 heavy (non-hydrogen) atoms. The van der Waals surface area contributed by atoms with E-state index in [-0.39, 0.29) is 0 Å². The zero-order valence-electron chi connectivity index (χ0n) is 15.2. The van der Waals surface area contributed by atoms with Gasteiger partial charge in [0.15, 0.2) is 6.61 Å². The fourth-order valence-electron chi connectivity index (χ4n) is 3.52. The molecule has 3 aromatic rings. The first kappa shape index (κ1) is 19.4. The third-order valence-electron chi connectivity index (χ3n) is 4.78. The molecule has 1 aliphatic carbocycles. The first-order valence-electron chi connectivity index (χ1n) is 8.97. The highest BCUT2D eigenvalue weighted by molar-refractivity contribution is 6.42. The van der Waals surface area contributed by atoms with Gasteiger partial charge in [0.1, 0.15) is 0 Å². The van der Waals surface area contributed by atoms with Crippen molar-refractivity contribution >= 4 is 57.6 Å². The van der Waals surface area contributed by atoms with Crippen LogP contribution < -0.4 is 5.73 Å². The Morgan fingerprint density at radius 1 is 1.10 bits per heavy atom. The molecule has 0 bridgehead atoms. The molecule has 2 aromatic carbocycles. The summed E-state index contributed by atoms with van der Waals surface area (Å²) in [5, 5.41) is 1.65. The number of para-hydroxylation sites is 1. The van der Waals surface area contributed by atoms with Crippen LogP contribution in [0.4, 0.5) is 0 Å². The van der Waals surface area contributed by atoms with Crippen molar-refractivity contribution in [2.24, 2.45) is 5.73 Å². The molecular formula is C22H16Cl2N2O3. The zero-order chi connectivity index (χ0) is 20.5. The second kappa shape index (κ2) is 7.85. The van der Waals surface area contributed by atoms with E-state index in [0.717, 1.165) is 28.8 Å². The number of nitrogens with two attached hydrogens (primary N) is 1. The third-order valence-corrected chi connectivity index (χ3v) is 5.51. The number of benzene rings is 2. The summed E-state index contributed by atoms with van der Waals surface area (Å²) in [7, 11) is 0. The highest BCUT2D eigenvalue weighted by Crippen LogP contribution is 2.38. The minimum Gasteiger partial charge on any atom is -0.452 e. The summed E-state index contributed by atoms with van der Waals surface area (Å²) in [6, 6.07) is 12.8. The summed E-state index contributed by atoms with van der Waals surface area (Å²) < 4.78 is 5.11. The molecule has 4 rings (SSSR count). The molecule has 0 atom stereocenters. The standard InChI is InChI=1S/C22H16Cl2N2O3/c23-16-8-5-12(10-17(16)24)9-13-6-7-15-20(22(28)29-11-19(25)27)14-3-1-2-4-18(14)26-21(13)15/h1-5,8-10H,6-7,11H2,(H2,25,27). The number of ether oxygens (including phenoxy) is 1. The van der Waals surface area contributed by atoms with Gasteiger partial charge < -0.3 is 10.5 Å². The topological polar surface area (TPSA) is 82.3 Å². The Morgan fingerprint density at radius 3 is 2.66 bits per heavy atom. The van der Waals surface area contributed by atoms with E-state index in [2.05, 4.69) is 0 Å². The van der Waals surface area contributed by atoms with Gasteiger partial charge in [-0.25, -0.2) is 9.78 Å². The van der Waals surface area contributed by atoms with E-state index in [1.54, 1.807) is 12.1 Å². The average molecular weight is 427 g/mol. The maximum atomic E-state index is 12.8. The summed E-state index contributed by atoms with van der Waals surface area (Å²) in [4.78, 5) is 28.6. The number of rotatable bonds is 4. The average Bonchev–Trinajstić information content (AvgIpc) is 3.09. The van der Waals surface area contributed by atoms with Gasteiger partial charge in [-0.15, -0.1) is 0 Å². The molecule has 0 fully saturated rings. The molecule has 0 saturated carbocycles. The van der Waals surface area contributed by atoms with Gasteiger partial charge >= 0.3 is 5.97 Å². The molecule has 7 heteroatoms. The lowest BCUT2D eigenvalue weighted by molar-refractivity contribution is -0.121. The molecule has 2 N–H and O–H groups in total. The van der Waals surface area contributed by atoms with Gasteiger partial charge in [0.05, 0.1) is 26.8 Å². The van der Waals surface area contributed by atoms with Gasteiger partial charge in [-0.2, -0.15) is 0 Å². The first-order valence-corrected chi connectivity index (χ1v) is 9.72. The minimum atomic E-state index is -0.700. The van der Waals surface area contributed by atoms with Gasteiger partial charge in [0.25, 0.3) is 5.91 Å². The van der Waals surface area contributed by atoms with E-state index >= 15 is 0 Å². The molecule has 1 aromatic heterocycles. The number of carbonyl (C=O) groups excluding carboxylic acids is 2. The number of hydrogen-bond donors (Lipinski definition) is 1. The van der Waals surface area contributed by atoms with Gasteiger partial charge in [-0.1, -0.05) is 47.5 Å². The highest BCUT2D eigenvalue weighted by Gasteiger charge is 2.27. The number of halogens is 2. The van der Waals surface area contributed by atoms with Crippen LogP contribution in [0.1, 0.15) is 33.6 Å². The van der Waals surface area contributed by atoms with Crippen LogP contribution in [0.3, 0.4) is 0 Å². The summed E-state index contributed by atoms with van der Waals surface area (Å²) >= 11 is 12.1. The van der Waals surface area contributed by atoms with E-state index in [4.69, 9.17) is 38.7 Å². The Morgan fingerprint density at radius 2 is 1.90 bits per heavy atom. The summed E-state index contributed by atoms with van der Waals surface area (Å²) in [5.41, 5.74) is 9.68. The number of carbonyl (C=O) groups is 2. The van der Waals surface area contributed by atoms with Crippen LogP contribution in [-0.2, 0) is 16.0 Å². The third kappa shape index (κ3) is 3.84. The number of amides is 1. The molecule has 5 nitrogen and oxygen atoms in total. The highest BCUT2D eigenvalue weighted by atomic mass is 35.5. The molecular weight excluding hydrogens is 411 g/mol. The number of fused-ring (bicyclic) bond motifs is 2. The van der Waals surface area contributed by atoms with E-state index < -0.39 is 18.5 Å². The Bertz CT molecular complexity index is 1190. The molecule has 0 aliphatic heterocycles. The van der Waals surface area contributed by atoms with Crippen molar-refractivity contribution < 1.29 is 14.3 Å². The predicted molar refractivity (Wildman–Crippen MR) is 114 cm³/mol. The number of primary amides is 1. The molecule has 0 unspecified atom stereocenters. The number of aromatic nitrogens is 1. The number of pyridine rings is 1. The quantitative estimate of drug-likeness (QED) is 0.614. The van der Waals surface area contributed by atoms with Crippen LogP contribution in [0.2, 0.25) is 10.0 Å². The van der Waals surface area contributed by atoms with Gasteiger partial charge in [0, 0.05) is 5.39 Å². The van der Waals surface area contributed by atoms with Crippen LogP contribution in [-0.4, -0.2) is 23.5 Å². The molecule has 1 amide bonds. The minimum absolute atomic E-state index is 0.435. The van der Waals surface area contributed by atoms with Crippen LogP contribution in [0.15, 0.2) is 42.5 Å². The SMILES string of the molecule is NC(=O)COC(=O)c1c2c(nc3ccccc13)C(=Cc1ccc(Cl)c(Cl)c1)CC2. The van der Waals surface area contributed by atoms with Gasteiger partial charge in [0.2, 0.25) is 0 Å². The maximum Gasteiger partial charge on any atom is 0.339 e. The van der Waals surface area contributed by atoms with Crippen molar-refractivity contribution in [3.8, 4) is 0 Å². The van der Waals surface area contributed by atoms with Crippen molar-refractivity contribution in [2.45, 2.75) is 12.8 Å². The first-order chi connectivity index (χ1) is 13.9. The van der Waals surface area contributed by atoms with E-state index in [1.165, 1.54) is 0 Å². The fraction of sp³-hybridized carbons (Fsp3) is 0.136. The second-order valence-electron chi connectivity index (χ2n) is 6.72. The van der Waals surface area contributed by atoms with Crippen LogP contribution in [0, 0.1) is 0 Å². The van der Waals surface area contributed by atoms with Crippen molar-refractivity contribution in [1.29, 1.82) is 0 Å². The Balaban J connectivity index is 1.84. The summed E-state index contributed by atoms with van der Waals surface area (Å²) in [6.45, 7) is -0.462. The Labute approximate surface area is 177 Å². The normalized spacial score (nSPS) is 14.2. The van der Waals surface area contributed by atoms with E-state index in [1.807, 2.05) is 36.4 Å². The molecule has 146 valence electrons. The Kier molecular flexibility index (Phi) is 5.26. The predicted octanol–water partition coefficient (Wildman–Crippen LogP) is 4.67. The van der Waals surface area contributed by atoms with Gasteiger partial charge in [-0.05, 0) is 53.8 Å². The smallest absolute Gasteiger partial charge is 0.339 e. The molecule has 0 saturated heterocycles. The molecule has 1 aliphatic rings. The monoisotopic (exact) mass is 426 g/mol. The fourth-order valence-corrected chi connectivity index (χ4v) is 3.83. The van der Waals surface area contributed by atoms with Crippen LogP contribution in [0.25, 0.3) is 22.6 Å². The van der Waals surface area contributed by atoms with Crippen molar-refractivity contribution in [3.63, 3.8) is 0 Å². The van der Waals surface area contributed by atoms with Crippen LogP contribution in [0.5, 0.6) is 0 Å². The second-order valence-corrected chi connectivity index (χ2v) is 7.53. The molecule has 0 spiro atoms. The zero-order valence-corrected chi connectivity index (χ0v) is 16.8. The van der Waals surface area contributed by atoms with Crippen molar-refractivity contribution in [1.82, 2.24) is 4.98 Å². The maximum absolute atomic E-state index is 12.8. The number of esters is 1. The molecule has 1 heterocycles. The largest absolute Gasteiger partial charge is 0.452 e. The van der Waals surface area contributed by atoms with Crippen LogP contribution >= 0.6 is 23.2 Å². The summed E-state index contributed by atoms with van der Waals surface area (Å²) in [6.07, 6.45) is 3.35. The molecule has 0 radical (unpaired) electrons. The van der Waals surface area contributed by atoms with Gasteiger partial charge in [-0.3, -0.25) is 4.79 Å². The van der Waals surface area contributed by atoms with Crippen molar-refractivity contribution in [2.75, 3.05) is 6.61 Å². The lowest BCUT2D eigenvalue weighted by Gasteiger charge is -2.12.